The fourth-order valence-electron chi connectivity index (χ4n) is 2.64. The lowest BCUT2D eigenvalue weighted by Gasteiger charge is -2.18. The molecule has 0 saturated heterocycles. The van der Waals surface area contributed by atoms with Gasteiger partial charge in [0.05, 0.1) is 11.9 Å². The molecule has 0 aliphatic rings. The Morgan fingerprint density at radius 1 is 0.696 bits per heavy atom. The minimum absolute atomic E-state index is 0.0965. The van der Waals surface area contributed by atoms with Gasteiger partial charge in [-0.2, -0.15) is 0 Å². The summed E-state index contributed by atoms with van der Waals surface area (Å²) in [6.45, 7) is 0.0965. The lowest BCUT2D eigenvalue weighted by Crippen LogP contribution is -1.97. The number of aliphatic hydroxyl groups is 1. The Morgan fingerprint density at radius 2 is 1.26 bits per heavy atom. The van der Waals surface area contributed by atoms with Gasteiger partial charge >= 0.3 is 0 Å². The fourth-order valence-corrected chi connectivity index (χ4v) is 3.88. The summed E-state index contributed by atoms with van der Waals surface area (Å²) in [6, 6.07) is 29.4. The first-order chi connectivity index (χ1) is 11.4. The zero-order valence-electron chi connectivity index (χ0n) is 12.9. The van der Waals surface area contributed by atoms with Crippen molar-refractivity contribution in [2.24, 2.45) is 0 Å². The standard InChI is InChI=1S/C21H20OS/c22-15-17-8-7-9-18(14-17)16-23-21(19-10-3-1-4-11-19)20-12-5-2-6-13-20/h1-14,21-22H,15-16H2. The normalized spacial score (nSPS) is 10.9. The SMILES string of the molecule is OCc1cccc(CSC(c2ccccc2)c2ccccc2)c1. The van der Waals surface area contributed by atoms with Crippen molar-refractivity contribution >= 4 is 11.8 Å². The summed E-state index contributed by atoms with van der Waals surface area (Å²) in [5, 5.41) is 9.60. The lowest BCUT2D eigenvalue weighted by molar-refractivity contribution is 0.282. The molecule has 0 aliphatic heterocycles. The Hall–Kier alpha value is -2.03. The van der Waals surface area contributed by atoms with Crippen molar-refractivity contribution in [2.75, 3.05) is 0 Å². The molecule has 1 nitrogen and oxygen atoms in total. The van der Waals surface area contributed by atoms with Crippen LogP contribution in [0.25, 0.3) is 0 Å². The van der Waals surface area contributed by atoms with Gasteiger partial charge in [-0.25, -0.2) is 0 Å². The van der Waals surface area contributed by atoms with Crippen molar-refractivity contribution < 1.29 is 5.11 Å². The lowest BCUT2D eigenvalue weighted by atomic mass is 10.0. The van der Waals surface area contributed by atoms with E-state index < -0.39 is 0 Å². The van der Waals surface area contributed by atoms with Crippen molar-refractivity contribution in [2.45, 2.75) is 17.6 Å². The van der Waals surface area contributed by atoms with Crippen molar-refractivity contribution in [3.63, 3.8) is 0 Å². The van der Waals surface area contributed by atoms with Gasteiger partial charge in [-0.1, -0.05) is 84.9 Å². The highest BCUT2D eigenvalue weighted by Crippen LogP contribution is 2.37. The van der Waals surface area contributed by atoms with E-state index in [4.69, 9.17) is 0 Å². The van der Waals surface area contributed by atoms with E-state index in [1.54, 1.807) is 0 Å². The topological polar surface area (TPSA) is 20.2 Å². The number of hydrogen-bond donors (Lipinski definition) is 1. The molecule has 0 aliphatic carbocycles. The highest BCUT2D eigenvalue weighted by Gasteiger charge is 2.14. The Labute approximate surface area is 142 Å². The first-order valence-corrected chi connectivity index (χ1v) is 8.82. The first kappa shape index (κ1) is 15.9. The van der Waals surface area contributed by atoms with Crippen LogP contribution in [0.1, 0.15) is 27.5 Å². The van der Waals surface area contributed by atoms with Gasteiger partial charge in [0, 0.05) is 5.75 Å². The second-order valence-corrected chi connectivity index (χ2v) is 6.58. The molecule has 0 saturated carbocycles. The first-order valence-electron chi connectivity index (χ1n) is 7.77. The summed E-state index contributed by atoms with van der Waals surface area (Å²) < 4.78 is 0. The van der Waals surface area contributed by atoms with Crippen LogP contribution >= 0.6 is 11.8 Å². The highest BCUT2D eigenvalue weighted by atomic mass is 32.2. The number of rotatable bonds is 6. The van der Waals surface area contributed by atoms with E-state index in [0.717, 1.165) is 11.3 Å². The summed E-state index contributed by atoms with van der Waals surface area (Å²) in [4.78, 5) is 0. The summed E-state index contributed by atoms with van der Waals surface area (Å²) >= 11 is 1.92. The van der Waals surface area contributed by atoms with E-state index in [0.29, 0.717) is 5.25 Å². The third kappa shape index (κ3) is 4.25. The van der Waals surface area contributed by atoms with Crippen molar-refractivity contribution in [3.05, 3.63) is 107 Å². The van der Waals surface area contributed by atoms with Crippen LogP contribution in [0.2, 0.25) is 0 Å². The van der Waals surface area contributed by atoms with Crippen LogP contribution < -0.4 is 0 Å². The molecule has 116 valence electrons. The van der Waals surface area contributed by atoms with E-state index >= 15 is 0 Å². The smallest absolute Gasteiger partial charge is 0.0681 e. The maximum absolute atomic E-state index is 9.29. The number of hydrogen-bond acceptors (Lipinski definition) is 2. The fraction of sp³-hybridized carbons (Fsp3) is 0.143. The van der Waals surface area contributed by atoms with Crippen molar-refractivity contribution in [1.82, 2.24) is 0 Å². The average molecular weight is 320 g/mol. The Bertz CT molecular complexity index is 686. The molecule has 2 heteroatoms. The Kier molecular flexibility index (Phi) is 5.51. The van der Waals surface area contributed by atoms with Crippen LogP contribution in [0.3, 0.4) is 0 Å². The molecule has 1 N–H and O–H groups in total. The van der Waals surface area contributed by atoms with Crippen LogP contribution in [0.4, 0.5) is 0 Å². The van der Waals surface area contributed by atoms with Gasteiger partial charge in [0.25, 0.3) is 0 Å². The monoisotopic (exact) mass is 320 g/mol. The minimum atomic E-state index is 0.0965. The molecule has 3 aromatic carbocycles. The van der Waals surface area contributed by atoms with E-state index in [9.17, 15) is 5.11 Å². The zero-order chi connectivity index (χ0) is 15.9. The van der Waals surface area contributed by atoms with E-state index in [1.807, 2.05) is 23.9 Å². The molecule has 3 rings (SSSR count). The molecule has 0 heterocycles. The molecule has 0 fully saturated rings. The number of aliphatic hydroxyl groups excluding tert-OH is 1. The highest BCUT2D eigenvalue weighted by molar-refractivity contribution is 7.98. The molecule has 0 amide bonds. The summed E-state index contributed by atoms with van der Waals surface area (Å²) in [6.07, 6.45) is 0. The predicted octanol–water partition coefficient (Wildman–Crippen LogP) is 5.20. The Balaban J connectivity index is 1.82. The molecule has 0 aromatic heterocycles. The predicted molar refractivity (Wildman–Crippen MR) is 98.4 cm³/mol. The van der Waals surface area contributed by atoms with Crippen molar-refractivity contribution in [1.29, 1.82) is 0 Å². The van der Waals surface area contributed by atoms with Crippen LogP contribution in [-0.2, 0) is 12.4 Å². The largest absolute Gasteiger partial charge is 0.392 e. The molecule has 0 atom stereocenters. The molecule has 0 radical (unpaired) electrons. The molecular formula is C21H20OS. The van der Waals surface area contributed by atoms with Crippen LogP contribution in [0, 0.1) is 0 Å². The average Bonchev–Trinajstić information content (AvgIpc) is 2.64. The van der Waals surface area contributed by atoms with E-state index in [-0.39, 0.29) is 6.61 Å². The van der Waals surface area contributed by atoms with Gasteiger partial charge in [0.1, 0.15) is 0 Å². The maximum Gasteiger partial charge on any atom is 0.0681 e. The van der Waals surface area contributed by atoms with Gasteiger partial charge < -0.3 is 5.11 Å². The number of benzene rings is 3. The van der Waals surface area contributed by atoms with Crippen LogP contribution in [0.15, 0.2) is 84.9 Å². The van der Waals surface area contributed by atoms with Crippen molar-refractivity contribution in [3.8, 4) is 0 Å². The molecule has 0 bridgehead atoms. The summed E-state index contributed by atoms with van der Waals surface area (Å²) in [5.41, 5.74) is 4.86. The second kappa shape index (κ2) is 8.00. The number of thioether (sulfide) groups is 1. The summed E-state index contributed by atoms with van der Waals surface area (Å²) in [7, 11) is 0. The van der Waals surface area contributed by atoms with Crippen LogP contribution in [-0.4, -0.2) is 5.11 Å². The quantitative estimate of drug-likeness (QED) is 0.673. The Morgan fingerprint density at radius 3 is 1.83 bits per heavy atom. The van der Waals surface area contributed by atoms with Crippen LogP contribution in [0.5, 0.6) is 0 Å². The molecule has 0 spiro atoms. The van der Waals surface area contributed by atoms with Gasteiger partial charge in [0.15, 0.2) is 0 Å². The third-order valence-corrected chi connectivity index (χ3v) is 5.17. The second-order valence-electron chi connectivity index (χ2n) is 5.49. The molecular weight excluding hydrogens is 300 g/mol. The molecule has 3 aromatic rings. The van der Waals surface area contributed by atoms with Gasteiger partial charge in [0.2, 0.25) is 0 Å². The third-order valence-electron chi connectivity index (χ3n) is 3.80. The maximum atomic E-state index is 9.29. The molecule has 23 heavy (non-hydrogen) atoms. The van der Waals surface area contributed by atoms with Gasteiger partial charge in [-0.15, -0.1) is 11.8 Å². The zero-order valence-corrected chi connectivity index (χ0v) is 13.7. The molecule has 0 unspecified atom stereocenters. The minimum Gasteiger partial charge on any atom is -0.392 e. The van der Waals surface area contributed by atoms with E-state index in [1.165, 1.54) is 16.7 Å². The van der Waals surface area contributed by atoms with Gasteiger partial charge in [-0.05, 0) is 22.3 Å². The van der Waals surface area contributed by atoms with E-state index in [2.05, 4.69) is 72.8 Å². The van der Waals surface area contributed by atoms with Gasteiger partial charge in [-0.3, -0.25) is 0 Å². The summed E-state index contributed by atoms with van der Waals surface area (Å²) in [5.74, 6) is 0.919.